The zero-order valence-electron chi connectivity index (χ0n) is 8.43. The highest BCUT2D eigenvalue weighted by Gasteiger charge is 1.94. The second-order valence-electron chi connectivity index (χ2n) is 3.15. The molecule has 1 aromatic rings. The van der Waals surface area contributed by atoms with Gasteiger partial charge in [0.05, 0.1) is 0 Å². The molecular formula is C10H16ClNO2. The van der Waals surface area contributed by atoms with Gasteiger partial charge in [0, 0.05) is 6.54 Å². The molecule has 0 unspecified atom stereocenters. The van der Waals surface area contributed by atoms with Crippen molar-refractivity contribution in [3.8, 4) is 11.5 Å². The van der Waals surface area contributed by atoms with Gasteiger partial charge in [-0.3, -0.25) is 0 Å². The highest BCUT2D eigenvalue weighted by molar-refractivity contribution is 5.85. The van der Waals surface area contributed by atoms with E-state index in [1.165, 1.54) is 0 Å². The lowest BCUT2D eigenvalue weighted by molar-refractivity contribution is 0.261. The summed E-state index contributed by atoms with van der Waals surface area (Å²) in [5, 5.41) is 9.01. The molecule has 0 radical (unpaired) electrons. The molecule has 0 saturated carbocycles. The maximum absolute atomic E-state index is 9.01. The number of hydrogen-bond acceptors (Lipinski definition) is 3. The summed E-state index contributed by atoms with van der Waals surface area (Å²) in [6, 6.07) is 6.74. The van der Waals surface area contributed by atoms with E-state index < -0.39 is 0 Å². The fourth-order valence-electron chi connectivity index (χ4n) is 0.888. The van der Waals surface area contributed by atoms with Crippen LogP contribution >= 0.6 is 12.4 Å². The molecule has 14 heavy (non-hydrogen) atoms. The van der Waals surface area contributed by atoms with Crippen LogP contribution in [0.15, 0.2) is 24.3 Å². The number of phenols is 1. The van der Waals surface area contributed by atoms with Crippen LogP contribution < -0.4 is 4.74 Å². The molecule has 1 rings (SSSR count). The summed E-state index contributed by atoms with van der Waals surface area (Å²) in [6.45, 7) is 1.55. The van der Waals surface area contributed by atoms with Crippen LogP contribution in [-0.4, -0.2) is 37.3 Å². The molecule has 3 nitrogen and oxygen atoms in total. The number of rotatable bonds is 4. The lowest BCUT2D eigenvalue weighted by Gasteiger charge is -2.10. The number of aromatic hydroxyl groups is 1. The molecule has 0 amide bonds. The van der Waals surface area contributed by atoms with Crippen LogP contribution in [0.1, 0.15) is 0 Å². The van der Waals surface area contributed by atoms with Crippen LogP contribution in [0.2, 0.25) is 0 Å². The molecule has 4 heteroatoms. The Labute approximate surface area is 90.7 Å². The van der Waals surface area contributed by atoms with Gasteiger partial charge in [-0.25, -0.2) is 0 Å². The summed E-state index contributed by atoms with van der Waals surface area (Å²) < 4.78 is 5.42. The first kappa shape index (κ1) is 13.1. The first-order valence-electron chi connectivity index (χ1n) is 4.25. The summed E-state index contributed by atoms with van der Waals surface area (Å²) >= 11 is 0. The van der Waals surface area contributed by atoms with Gasteiger partial charge in [-0.15, -0.1) is 12.4 Å². The molecule has 0 bridgehead atoms. The van der Waals surface area contributed by atoms with E-state index in [1.54, 1.807) is 24.3 Å². The van der Waals surface area contributed by atoms with Gasteiger partial charge in [0.25, 0.3) is 0 Å². The minimum Gasteiger partial charge on any atom is -0.508 e. The Morgan fingerprint density at radius 3 is 2.29 bits per heavy atom. The molecule has 80 valence electrons. The lowest BCUT2D eigenvalue weighted by atomic mass is 10.3. The zero-order chi connectivity index (χ0) is 9.68. The molecule has 0 spiro atoms. The van der Waals surface area contributed by atoms with Gasteiger partial charge in [0.15, 0.2) is 0 Å². The topological polar surface area (TPSA) is 32.7 Å². The minimum absolute atomic E-state index is 0. The van der Waals surface area contributed by atoms with Crippen molar-refractivity contribution in [2.75, 3.05) is 27.2 Å². The molecule has 1 aromatic carbocycles. The van der Waals surface area contributed by atoms with E-state index in [9.17, 15) is 0 Å². The predicted octanol–water partition coefficient (Wildman–Crippen LogP) is 1.75. The van der Waals surface area contributed by atoms with Crippen molar-refractivity contribution in [1.82, 2.24) is 4.90 Å². The number of nitrogens with zero attached hydrogens (tertiary/aromatic N) is 1. The third-order valence-electron chi connectivity index (χ3n) is 1.64. The second kappa shape index (κ2) is 6.51. The molecule has 0 fully saturated rings. The van der Waals surface area contributed by atoms with E-state index in [1.807, 2.05) is 14.1 Å². The van der Waals surface area contributed by atoms with Crippen LogP contribution in [0, 0.1) is 0 Å². The van der Waals surface area contributed by atoms with E-state index in [-0.39, 0.29) is 18.2 Å². The van der Waals surface area contributed by atoms with Gasteiger partial charge in [-0.05, 0) is 38.4 Å². The van der Waals surface area contributed by atoms with Crippen LogP contribution in [0.3, 0.4) is 0 Å². The molecule has 0 aliphatic rings. The Morgan fingerprint density at radius 2 is 1.79 bits per heavy atom. The van der Waals surface area contributed by atoms with E-state index in [4.69, 9.17) is 9.84 Å². The van der Waals surface area contributed by atoms with Crippen LogP contribution in [-0.2, 0) is 0 Å². The second-order valence-corrected chi connectivity index (χ2v) is 3.15. The number of phenolic OH excluding ortho intramolecular Hbond substituents is 1. The highest BCUT2D eigenvalue weighted by Crippen LogP contribution is 2.15. The van der Waals surface area contributed by atoms with Crippen LogP contribution in [0.25, 0.3) is 0 Å². The summed E-state index contributed by atoms with van der Waals surface area (Å²) in [5.74, 6) is 1.06. The van der Waals surface area contributed by atoms with Crippen LogP contribution in [0.5, 0.6) is 11.5 Å². The van der Waals surface area contributed by atoms with E-state index in [2.05, 4.69) is 4.90 Å². The summed E-state index contributed by atoms with van der Waals surface area (Å²) in [5.41, 5.74) is 0. The normalized spacial score (nSPS) is 9.64. The molecule has 0 aliphatic carbocycles. The summed E-state index contributed by atoms with van der Waals surface area (Å²) in [4.78, 5) is 2.06. The summed E-state index contributed by atoms with van der Waals surface area (Å²) in [6.07, 6.45) is 0. The number of benzene rings is 1. The maximum atomic E-state index is 9.01. The van der Waals surface area contributed by atoms with Crippen molar-refractivity contribution in [2.45, 2.75) is 0 Å². The minimum atomic E-state index is 0. The van der Waals surface area contributed by atoms with Gasteiger partial charge in [-0.1, -0.05) is 0 Å². The molecule has 0 aliphatic heterocycles. The molecular weight excluding hydrogens is 202 g/mol. The number of likely N-dealkylation sites (N-methyl/N-ethyl adjacent to an activating group) is 1. The van der Waals surface area contributed by atoms with Gasteiger partial charge >= 0.3 is 0 Å². The SMILES string of the molecule is CN(C)CCOc1ccc(O)cc1.Cl. The van der Waals surface area contributed by atoms with Gasteiger partial charge in [0.2, 0.25) is 0 Å². The average molecular weight is 218 g/mol. The van der Waals surface area contributed by atoms with Crippen molar-refractivity contribution in [1.29, 1.82) is 0 Å². The summed E-state index contributed by atoms with van der Waals surface area (Å²) in [7, 11) is 4.00. The third kappa shape index (κ3) is 4.94. The first-order chi connectivity index (χ1) is 6.18. The fraction of sp³-hybridized carbons (Fsp3) is 0.400. The first-order valence-corrected chi connectivity index (χ1v) is 4.25. The Morgan fingerprint density at radius 1 is 1.21 bits per heavy atom. The average Bonchev–Trinajstić information content (AvgIpc) is 2.08. The Balaban J connectivity index is 0.00000169. The van der Waals surface area contributed by atoms with E-state index >= 15 is 0 Å². The number of ether oxygens (including phenoxy) is 1. The van der Waals surface area contributed by atoms with E-state index in [0.717, 1.165) is 12.3 Å². The van der Waals surface area contributed by atoms with Gasteiger partial charge in [-0.2, -0.15) is 0 Å². The standard InChI is InChI=1S/C10H15NO2.ClH/c1-11(2)7-8-13-10-5-3-9(12)4-6-10;/h3-6,12H,7-8H2,1-2H3;1H. The quantitative estimate of drug-likeness (QED) is 0.834. The zero-order valence-corrected chi connectivity index (χ0v) is 9.25. The maximum Gasteiger partial charge on any atom is 0.119 e. The molecule has 1 N–H and O–H groups in total. The Kier molecular flexibility index (Phi) is 6.08. The number of halogens is 1. The van der Waals surface area contributed by atoms with Crippen molar-refractivity contribution in [3.05, 3.63) is 24.3 Å². The predicted molar refractivity (Wildman–Crippen MR) is 59.4 cm³/mol. The van der Waals surface area contributed by atoms with Crippen molar-refractivity contribution < 1.29 is 9.84 Å². The fourth-order valence-corrected chi connectivity index (χ4v) is 0.888. The van der Waals surface area contributed by atoms with E-state index in [0.29, 0.717) is 6.61 Å². The van der Waals surface area contributed by atoms with Crippen molar-refractivity contribution in [3.63, 3.8) is 0 Å². The molecule has 0 saturated heterocycles. The van der Waals surface area contributed by atoms with Crippen molar-refractivity contribution >= 4 is 12.4 Å². The monoisotopic (exact) mass is 217 g/mol. The Hall–Kier alpha value is -0.930. The van der Waals surface area contributed by atoms with Gasteiger partial charge < -0.3 is 14.7 Å². The highest BCUT2D eigenvalue weighted by atomic mass is 35.5. The molecule has 0 aromatic heterocycles. The number of hydrogen-bond donors (Lipinski definition) is 1. The molecule has 0 atom stereocenters. The Bertz CT molecular complexity index is 249. The largest absolute Gasteiger partial charge is 0.508 e. The van der Waals surface area contributed by atoms with Crippen molar-refractivity contribution in [2.24, 2.45) is 0 Å². The molecule has 0 heterocycles. The third-order valence-corrected chi connectivity index (χ3v) is 1.64. The smallest absolute Gasteiger partial charge is 0.119 e. The van der Waals surface area contributed by atoms with Crippen LogP contribution in [0.4, 0.5) is 0 Å². The van der Waals surface area contributed by atoms with Gasteiger partial charge in [0.1, 0.15) is 18.1 Å². The lowest BCUT2D eigenvalue weighted by Crippen LogP contribution is -2.19.